The van der Waals surface area contributed by atoms with Gasteiger partial charge >= 0.3 is 5.97 Å². The summed E-state index contributed by atoms with van der Waals surface area (Å²) >= 11 is 0. The van der Waals surface area contributed by atoms with Crippen LogP contribution >= 0.6 is 0 Å². The van der Waals surface area contributed by atoms with Gasteiger partial charge in [-0.1, -0.05) is 12.1 Å². The molecule has 1 fully saturated rings. The molecule has 1 aliphatic rings. The van der Waals surface area contributed by atoms with Crippen molar-refractivity contribution in [2.24, 2.45) is 5.92 Å². The summed E-state index contributed by atoms with van der Waals surface area (Å²) in [5, 5.41) is 12.0. The fourth-order valence-electron chi connectivity index (χ4n) is 2.84. The van der Waals surface area contributed by atoms with E-state index in [0.717, 1.165) is 0 Å². The minimum Gasteiger partial charge on any atom is -0.478 e. The standard InChI is InChI=1S/C17H24N2O6S/c1-12(25-2)11-18-16(20)13-7-9-19(10-8-13)26(23,24)15-6-4-3-5-14(15)17(21)22/h3-6,12-13H,7-11H2,1-2H3,(H,18,20)(H,21,22). The number of benzene rings is 1. The Hall–Kier alpha value is -1.97. The van der Waals surface area contributed by atoms with Crippen molar-refractivity contribution >= 4 is 21.9 Å². The molecule has 1 aliphatic heterocycles. The largest absolute Gasteiger partial charge is 0.478 e. The number of carboxylic acids is 1. The Kier molecular flexibility index (Phi) is 6.74. The number of piperidine rings is 1. The van der Waals surface area contributed by atoms with Crippen molar-refractivity contribution in [2.45, 2.75) is 30.8 Å². The van der Waals surface area contributed by atoms with Crippen LogP contribution in [0.15, 0.2) is 29.2 Å². The minimum atomic E-state index is -3.92. The molecule has 0 bridgehead atoms. The smallest absolute Gasteiger partial charge is 0.337 e. The third-order valence-corrected chi connectivity index (χ3v) is 6.48. The number of carbonyl (C=O) groups is 2. The van der Waals surface area contributed by atoms with Gasteiger partial charge < -0.3 is 15.2 Å². The number of sulfonamides is 1. The first-order chi connectivity index (χ1) is 12.3. The van der Waals surface area contributed by atoms with E-state index in [-0.39, 0.29) is 41.5 Å². The van der Waals surface area contributed by atoms with Crippen molar-refractivity contribution in [2.75, 3.05) is 26.7 Å². The van der Waals surface area contributed by atoms with Crippen molar-refractivity contribution in [1.82, 2.24) is 9.62 Å². The van der Waals surface area contributed by atoms with Gasteiger partial charge in [0, 0.05) is 32.7 Å². The Balaban J connectivity index is 2.03. The highest BCUT2D eigenvalue weighted by molar-refractivity contribution is 7.89. The van der Waals surface area contributed by atoms with Gasteiger partial charge in [0.2, 0.25) is 15.9 Å². The third kappa shape index (κ3) is 4.60. The normalized spacial score (nSPS) is 17.6. The summed E-state index contributed by atoms with van der Waals surface area (Å²) in [5.41, 5.74) is -0.249. The average Bonchev–Trinajstić information content (AvgIpc) is 2.65. The molecule has 26 heavy (non-hydrogen) atoms. The Bertz CT molecular complexity index is 756. The first kappa shape index (κ1) is 20.3. The molecule has 0 aliphatic carbocycles. The zero-order chi connectivity index (χ0) is 19.3. The molecular formula is C17H24N2O6S. The number of amides is 1. The lowest BCUT2D eigenvalue weighted by Gasteiger charge is -2.31. The summed E-state index contributed by atoms with van der Waals surface area (Å²) in [6.07, 6.45) is 0.690. The second-order valence-electron chi connectivity index (χ2n) is 6.27. The molecule has 1 aromatic rings. The van der Waals surface area contributed by atoms with Gasteiger partial charge in [-0.25, -0.2) is 13.2 Å². The number of methoxy groups -OCH3 is 1. The first-order valence-corrected chi connectivity index (χ1v) is 9.84. The van der Waals surface area contributed by atoms with Crippen LogP contribution in [0.5, 0.6) is 0 Å². The zero-order valence-corrected chi connectivity index (χ0v) is 15.7. The fourth-order valence-corrected chi connectivity index (χ4v) is 4.49. The van der Waals surface area contributed by atoms with Crippen LogP contribution < -0.4 is 5.32 Å². The highest BCUT2D eigenvalue weighted by Crippen LogP contribution is 2.26. The van der Waals surface area contributed by atoms with Crippen molar-refractivity contribution in [3.63, 3.8) is 0 Å². The van der Waals surface area contributed by atoms with E-state index in [1.165, 1.54) is 28.6 Å². The van der Waals surface area contributed by atoms with Gasteiger partial charge in [-0.3, -0.25) is 4.79 Å². The Morgan fingerprint density at radius 1 is 1.31 bits per heavy atom. The molecule has 1 saturated heterocycles. The quantitative estimate of drug-likeness (QED) is 0.723. The molecule has 144 valence electrons. The van der Waals surface area contributed by atoms with Gasteiger partial charge in [-0.2, -0.15) is 4.31 Å². The number of hydrogen-bond acceptors (Lipinski definition) is 5. The molecule has 1 unspecified atom stereocenters. The number of rotatable bonds is 7. The van der Waals surface area contributed by atoms with Gasteiger partial charge in [0.05, 0.1) is 16.6 Å². The Morgan fingerprint density at radius 3 is 2.50 bits per heavy atom. The summed E-state index contributed by atoms with van der Waals surface area (Å²) in [4.78, 5) is 23.3. The summed E-state index contributed by atoms with van der Waals surface area (Å²) in [6, 6.07) is 5.55. The molecule has 0 radical (unpaired) electrons. The average molecular weight is 384 g/mol. The van der Waals surface area contributed by atoms with Crippen LogP contribution in [0.2, 0.25) is 0 Å². The van der Waals surface area contributed by atoms with Crippen LogP contribution in [0.4, 0.5) is 0 Å². The molecule has 0 spiro atoms. The highest BCUT2D eigenvalue weighted by atomic mass is 32.2. The fraction of sp³-hybridized carbons (Fsp3) is 0.529. The minimum absolute atomic E-state index is 0.0908. The molecule has 9 heteroatoms. The summed E-state index contributed by atoms with van der Waals surface area (Å²) in [7, 11) is -2.35. The maximum Gasteiger partial charge on any atom is 0.337 e. The van der Waals surface area contributed by atoms with Crippen LogP contribution in [0, 0.1) is 5.92 Å². The molecular weight excluding hydrogens is 360 g/mol. The first-order valence-electron chi connectivity index (χ1n) is 8.40. The van der Waals surface area contributed by atoms with Crippen LogP contribution in [0.1, 0.15) is 30.1 Å². The molecule has 2 N–H and O–H groups in total. The highest BCUT2D eigenvalue weighted by Gasteiger charge is 2.34. The van der Waals surface area contributed by atoms with E-state index in [1.807, 2.05) is 6.92 Å². The lowest BCUT2D eigenvalue weighted by atomic mass is 9.97. The van der Waals surface area contributed by atoms with E-state index in [2.05, 4.69) is 5.32 Å². The van der Waals surface area contributed by atoms with Gasteiger partial charge in [0.1, 0.15) is 0 Å². The number of aromatic carboxylic acids is 1. The van der Waals surface area contributed by atoms with Gasteiger partial charge in [-0.15, -0.1) is 0 Å². The predicted molar refractivity (Wildman–Crippen MR) is 94.4 cm³/mol. The van der Waals surface area contributed by atoms with E-state index in [0.29, 0.717) is 19.4 Å². The van der Waals surface area contributed by atoms with E-state index >= 15 is 0 Å². The van der Waals surface area contributed by atoms with Crippen LogP contribution in [-0.4, -0.2) is 62.6 Å². The lowest BCUT2D eigenvalue weighted by Crippen LogP contribution is -2.44. The van der Waals surface area contributed by atoms with Crippen molar-refractivity contribution in [3.05, 3.63) is 29.8 Å². The Morgan fingerprint density at radius 2 is 1.92 bits per heavy atom. The van der Waals surface area contributed by atoms with Crippen molar-refractivity contribution in [3.8, 4) is 0 Å². The van der Waals surface area contributed by atoms with E-state index in [9.17, 15) is 23.1 Å². The molecule has 1 atom stereocenters. The van der Waals surface area contributed by atoms with Gasteiger partial charge in [-0.05, 0) is 31.9 Å². The monoisotopic (exact) mass is 384 g/mol. The topological polar surface area (TPSA) is 113 Å². The van der Waals surface area contributed by atoms with E-state index in [1.54, 1.807) is 7.11 Å². The molecule has 0 aromatic heterocycles. The van der Waals surface area contributed by atoms with E-state index in [4.69, 9.17) is 4.74 Å². The van der Waals surface area contributed by atoms with Crippen molar-refractivity contribution < 1.29 is 27.9 Å². The SMILES string of the molecule is COC(C)CNC(=O)C1CCN(S(=O)(=O)c2ccccc2C(=O)O)CC1. The molecule has 2 rings (SSSR count). The number of carboxylic acid groups (broad SMARTS) is 1. The van der Waals surface area contributed by atoms with Crippen LogP contribution in [0.25, 0.3) is 0 Å². The molecule has 1 aromatic carbocycles. The van der Waals surface area contributed by atoms with E-state index < -0.39 is 16.0 Å². The van der Waals surface area contributed by atoms with Crippen LogP contribution in [-0.2, 0) is 19.6 Å². The molecule has 1 heterocycles. The Labute approximate surface area is 153 Å². The number of nitrogens with one attached hydrogen (secondary N) is 1. The van der Waals surface area contributed by atoms with Crippen molar-refractivity contribution in [1.29, 1.82) is 0 Å². The molecule has 8 nitrogen and oxygen atoms in total. The number of ether oxygens (including phenoxy) is 1. The zero-order valence-electron chi connectivity index (χ0n) is 14.8. The summed E-state index contributed by atoms with van der Waals surface area (Å²) in [5.74, 6) is -1.66. The number of hydrogen-bond donors (Lipinski definition) is 2. The second kappa shape index (κ2) is 8.61. The number of carbonyl (C=O) groups excluding carboxylic acids is 1. The second-order valence-corrected chi connectivity index (χ2v) is 8.18. The molecule has 0 saturated carbocycles. The van der Waals surface area contributed by atoms with Gasteiger partial charge in [0.15, 0.2) is 0 Å². The summed E-state index contributed by atoms with van der Waals surface area (Å²) < 4.78 is 31.9. The third-order valence-electron chi connectivity index (χ3n) is 4.53. The maximum atomic E-state index is 12.8. The number of nitrogens with zero attached hydrogens (tertiary/aromatic N) is 1. The van der Waals surface area contributed by atoms with Crippen LogP contribution in [0.3, 0.4) is 0 Å². The molecule has 1 amide bonds. The predicted octanol–water partition coefficient (Wildman–Crippen LogP) is 0.937. The summed E-state index contributed by atoms with van der Waals surface area (Å²) in [6.45, 7) is 2.59. The van der Waals surface area contributed by atoms with Gasteiger partial charge in [0.25, 0.3) is 0 Å². The lowest BCUT2D eigenvalue weighted by molar-refractivity contribution is -0.126. The maximum absolute atomic E-state index is 12.8.